The van der Waals surface area contributed by atoms with Crippen molar-refractivity contribution in [3.63, 3.8) is 0 Å². The standard InChI is InChI=1S/C24H26N2O7S/c1-5-26(4)23(30)21-14-19(10-11-20(21)22(29)15(2)25-33-16(3)28)34-18-8-6-17(7-9-18)24(31)32-13-12-27/h6-11,14,27H,5,12-13H2,1-4H3/b25-15+. The van der Waals surface area contributed by atoms with Gasteiger partial charge in [0.05, 0.1) is 17.7 Å². The van der Waals surface area contributed by atoms with Crippen LogP contribution in [0.4, 0.5) is 0 Å². The second-order valence-electron chi connectivity index (χ2n) is 7.10. The molecule has 0 aromatic heterocycles. The fourth-order valence-corrected chi connectivity index (χ4v) is 3.55. The molecule has 10 heteroatoms. The molecule has 0 unspecified atom stereocenters. The predicted octanol–water partition coefficient (Wildman–Crippen LogP) is 3.20. The smallest absolute Gasteiger partial charge is 0.338 e. The minimum atomic E-state index is -0.659. The molecule has 2 aromatic carbocycles. The summed E-state index contributed by atoms with van der Waals surface area (Å²) in [5.41, 5.74) is 0.625. The summed E-state index contributed by atoms with van der Waals surface area (Å²) in [6, 6.07) is 11.5. The van der Waals surface area contributed by atoms with Crippen LogP contribution in [0.3, 0.4) is 0 Å². The molecule has 0 saturated carbocycles. The highest BCUT2D eigenvalue weighted by molar-refractivity contribution is 7.99. The highest BCUT2D eigenvalue weighted by Gasteiger charge is 2.22. The van der Waals surface area contributed by atoms with Crippen molar-refractivity contribution in [2.75, 3.05) is 26.8 Å². The maximum absolute atomic E-state index is 13.0. The number of ketones is 1. The van der Waals surface area contributed by atoms with E-state index >= 15 is 0 Å². The molecule has 34 heavy (non-hydrogen) atoms. The highest BCUT2D eigenvalue weighted by Crippen LogP contribution is 2.30. The molecule has 1 N–H and O–H groups in total. The number of esters is 1. The van der Waals surface area contributed by atoms with Gasteiger partial charge in [-0.1, -0.05) is 16.9 Å². The third-order valence-electron chi connectivity index (χ3n) is 4.58. The van der Waals surface area contributed by atoms with Gasteiger partial charge in [0, 0.05) is 35.9 Å². The van der Waals surface area contributed by atoms with Gasteiger partial charge in [0.2, 0.25) is 5.78 Å². The molecule has 0 atom stereocenters. The minimum Gasteiger partial charge on any atom is -0.460 e. The molecule has 0 saturated heterocycles. The fourth-order valence-electron chi connectivity index (χ4n) is 2.70. The van der Waals surface area contributed by atoms with Crippen LogP contribution in [0.2, 0.25) is 0 Å². The van der Waals surface area contributed by atoms with E-state index in [1.165, 1.54) is 36.6 Å². The molecule has 1 amide bonds. The topological polar surface area (TPSA) is 123 Å². The third-order valence-corrected chi connectivity index (χ3v) is 5.57. The Morgan fingerprint density at radius 3 is 2.24 bits per heavy atom. The number of carbonyl (C=O) groups is 4. The van der Waals surface area contributed by atoms with E-state index in [4.69, 9.17) is 9.84 Å². The zero-order chi connectivity index (χ0) is 25.3. The number of aliphatic hydroxyl groups excluding tert-OH is 1. The molecule has 0 radical (unpaired) electrons. The number of rotatable bonds is 10. The van der Waals surface area contributed by atoms with Gasteiger partial charge < -0.3 is 19.6 Å². The summed E-state index contributed by atoms with van der Waals surface area (Å²) in [6.45, 7) is 4.51. The van der Waals surface area contributed by atoms with Gasteiger partial charge in [-0.15, -0.1) is 0 Å². The van der Waals surface area contributed by atoms with Crippen molar-refractivity contribution in [2.24, 2.45) is 5.16 Å². The lowest BCUT2D eigenvalue weighted by Gasteiger charge is -2.17. The quantitative estimate of drug-likeness (QED) is 0.179. The molecule has 9 nitrogen and oxygen atoms in total. The molecule has 0 bridgehead atoms. The first-order chi connectivity index (χ1) is 16.2. The number of nitrogens with zero attached hydrogens (tertiary/aromatic N) is 2. The molecule has 180 valence electrons. The number of carbonyl (C=O) groups excluding carboxylic acids is 4. The number of Topliss-reactive ketones (excluding diaryl/α,β-unsaturated/α-hetero) is 1. The molecule has 0 spiro atoms. The largest absolute Gasteiger partial charge is 0.460 e. The third kappa shape index (κ3) is 7.26. The van der Waals surface area contributed by atoms with Crippen molar-refractivity contribution >= 4 is 41.1 Å². The number of ether oxygens (including phenoxy) is 1. The van der Waals surface area contributed by atoms with Crippen LogP contribution >= 0.6 is 11.8 Å². The van der Waals surface area contributed by atoms with Crippen molar-refractivity contribution in [1.29, 1.82) is 0 Å². The fraction of sp³-hybridized carbons (Fsp3) is 0.292. The van der Waals surface area contributed by atoms with Gasteiger partial charge in [-0.05, 0) is 56.3 Å². The van der Waals surface area contributed by atoms with E-state index in [9.17, 15) is 19.2 Å². The second-order valence-corrected chi connectivity index (χ2v) is 8.25. The van der Waals surface area contributed by atoms with E-state index in [1.54, 1.807) is 43.4 Å². The first-order valence-corrected chi connectivity index (χ1v) is 11.2. The van der Waals surface area contributed by atoms with Gasteiger partial charge in [-0.25, -0.2) is 9.59 Å². The first kappa shape index (κ1) is 26.7. The van der Waals surface area contributed by atoms with Crippen LogP contribution in [0.25, 0.3) is 0 Å². The maximum Gasteiger partial charge on any atom is 0.338 e. The second kappa shape index (κ2) is 12.7. The Balaban J connectivity index is 2.34. The number of hydrogen-bond acceptors (Lipinski definition) is 9. The predicted molar refractivity (Wildman–Crippen MR) is 126 cm³/mol. The molecular weight excluding hydrogens is 460 g/mol. The van der Waals surface area contributed by atoms with Crippen LogP contribution in [0.1, 0.15) is 51.8 Å². The van der Waals surface area contributed by atoms with E-state index < -0.39 is 17.7 Å². The molecule has 0 heterocycles. The molecular formula is C24H26N2O7S. The average Bonchev–Trinajstić information content (AvgIpc) is 2.84. The zero-order valence-corrected chi connectivity index (χ0v) is 20.2. The summed E-state index contributed by atoms with van der Waals surface area (Å²) in [4.78, 5) is 56.2. The Morgan fingerprint density at radius 2 is 1.65 bits per heavy atom. The van der Waals surface area contributed by atoms with Gasteiger partial charge in [-0.2, -0.15) is 0 Å². The van der Waals surface area contributed by atoms with E-state index in [0.29, 0.717) is 17.0 Å². The van der Waals surface area contributed by atoms with Crippen molar-refractivity contribution in [3.05, 3.63) is 59.2 Å². The van der Waals surface area contributed by atoms with E-state index in [0.717, 1.165) is 4.90 Å². The van der Waals surface area contributed by atoms with Gasteiger partial charge in [-0.3, -0.25) is 9.59 Å². The monoisotopic (exact) mass is 486 g/mol. The van der Waals surface area contributed by atoms with E-state index in [2.05, 4.69) is 9.99 Å². The summed E-state index contributed by atoms with van der Waals surface area (Å²) in [5, 5.41) is 12.3. The number of amides is 1. The summed E-state index contributed by atoms with van der Waals surface area (Å²) in [5.74, 6) is -2.06. The summed E-state index contributed by atoms with van der Waals surface area (Å²) in [6.07, 6.45) is 0. The van der Waals surface area contributed by atoms with Gasteiger partial charge in [0.1, 0.15) is 12.3 Å². The minimum absolute atomic E-state index is 0.0625. The summed E-state index contributed by atoms with van der Waals surface area (Å²) < 4.78 is 4.89. The highest BCUT2D eigenvalue weighted by atomic mass is 32.2. The lowest BCUT2D eigenvalue weighted by atomic mass is 10.00. The number of aliphatic hydroxyl groups is 1. The molecule has 2 rings (SSSR count). The van der Waals surface area contributed by atoms with Crippen LogP contribution in [0.5, 0.6) is 0 Å². The lowest BCUT2D eigenvalue weighted by Crippen LogP contribution is -2.28. The number of benzene rings is 2. The molecule has 2 aromatic rings. The Kier molecular flexibility index (Phi) is 9.96. The average molecular weight is 487 g/mol. The van der Waals surface area contributed by atoms with Crippen molar-refractivity contribution in [3.8, 4) is 0 Å². The Bertz CT molecular complexity index is 1100. The maximum atomic E-state index is 13.0. The number of oxime groups is 1. The van der Waals surface area contributed by atoms with Gasteiger partial charge in [0.15, 0.2) is 0 Å². The van der Waals surface area contributed by atoms with E-state index in [-0.39, 0.29) is 36.0 Å². The van der Waals surface area contributed by atoms with Gasteiger partial charge >= 0.3 is 11.9 Å². The van der Waals surface area contributed by atoms with Crippen LogP contribution in [0.15, 0.2) is 57.4 Å². The normalized spacial score (nSPS) is 11.0. The Morgan fingerprint density at radius 1 is 1.00 bits per heavy atom. The SMILES string of the molecule is CCN(C)C(=O)c1cc(Sc2ccc(C(=O)OCCO)cc2)ccc1C(=O)/C(C)=N/OC(C)=O. The summed E-state index contributed by atoms with van der Waals surface area (Å²) >= 11 is 1.35. The molecule has 0 aliphatic carbocycles. The Hall–Kier alpha value is -3.50. The van der Waals surface area contributed by atoms with Crippen LogP contribution in [0, 0.1) is 0 Å². The Labute approximate surface area is 201 Å². The molecule has 0 aliphatic rings. The first-order valence-electron chi connectivity index (χ1n) is 10.4. The van der Waals surface area contributed by atoms with Crippen LogP contribution < -0.4 is 0 Å². The zero-order valence-electron chi connectivity index (χ0n) is 19.4. The van der Waals surface area contributed by atoms with Crippen LogP contribution in [-0.4, -0.2) is 66.2 Å². The van der Waals surface area contributed by atoms with Crippen molar-refractivity contribution in [2.45, 2.75) is 30.6 Å². The van der Waals surface area contributed by atoms with E-state index in [1.807, 2.05) is 6.92 Å². The van der Waals surface area contributed by atoms with Crippen molar-refractivity contribution < 1.29 is 33.9 Å². The van der Waals surface area contributed by atoms with Crippen LogP contribution in [-0.2, 0) is 14.4 Å². The number of hydrogen-bond donors (Lipinski definition) is 1. The van der Waals surface area contributed by atoms with Gasteiger partial charge in [0.25, 0.3) is 5.91 Å². The molecule has 0 fully saturated rings. The molecule has 0 aliphatic heterocycles. The summed E-state index contributed by atoms with van der Waals surface area (Å²) in [7, 11) is 1.63. The van der Waals surface area contributed by atoms with Crippen molar-refractivity contribution in [1.82, 2.24) is 4.90 Å². The lowest BCUT2D eigenvalue weighted by molar-refractivity contribution is -0.140.